The van der Waals surface area contributed by atoms with Crippen molar-refractivity contribution in [1.82, 2.24) is 9.88 Å². The van der Waals surface area contributed by atoms with E-state index in [0.717, 1.165) is 16.9 Å². The van der Waals surface area contributed by atoms with Crippen molar-refractivity contribution in [2.24, 2.45) is 0 Å². The predicted octanol–water partition coefficient (Wildman–Crippen LogP) is 5.01. The number of aromatic nitrogens is 1. The van der Waals surface area contributed by atoms with E-state index in [4.69, 9.17) is 4.74 Å². The number of nitrogens with zero attached hydrogens (tertiary/aromatic N) is 3. The summed E-state index contributed by atoms with van der Waals surface area (Å²) in [6.07, 6.45) is 3.21. The number of benzene rings is 3. The number of amides is 2. The summed E-state index contributed by atoms with van der Waals surface area (Å²) >= 11 is 0. The smallest absolute Gasteiger partial charge is 0.337 e. The molecule has 212 valence electrons. The minimum atomic E-state index is -0.479. The van der Waals surface area contributed by atoms with Gasteiger partial charge in [0.05, 0.1) is 35.2 Å². The second-order valence-electron chi connectivity index (χ2n) is 10.00. The van der Waals surface area contributed by atoms with Crippen LogP contribution in [0, 0.1) is 0 Å². The molecule has 1 aliphatic heterocycles. The van der Waals surface area contributed by atoms with Crippen LogP contribution in [0.5, 0.6) is 0 Å². The zero-order chi connectivity index (χ0) is 29.6. The summed E-state index contributed by atoms with van der Waals surface area (Å²) < 4.78 is 4.83. The van der Waals surface area contributed by atoms with Gasteiger partial charge in [-0.1, -0.05) is 36.4 Å². The van der Waals surface area contributed by atoms with Crippen LogP contribution in [0.1, 0.15) is 31.8 Å². The molecule has 0 bridgehead atoms. The van der Waals surface area contributed by atoms with E-state index in [0.29, 0.717) is 46.7 Å². The lowest BCUT2D eigenvalue weighted by Gasteiger charge is -2.25. The number of esters is 1. The quantitative estimate of drug-likeness (QED) is 0.219. The lowest BCUT2D eigenvalue weighted by molar-refractivity contribution is -0.110. The minimum absolute atomic E-state index is 0.136. The summed E-state index contributed by atoms with van der Waals surface area (Å²) in [6.45, 7) is 1.18. The van der Waals surface area contributed by atoms with Gasteiger partial charge in [-0.3, -0.25) is 14.6 Å². The van der Waals surface area contributed by atoms with Crippen LogP contribution in [-0.2, 0) is 9.53 Å². The Balaban J connectivity index is 1.50. The normalized spacial score (nSPS) is 13.3. The van der Waals surface area contributed by atoms with Gasteiger partial charge in [0, 0.05) is 42.4 Å². The molecular weight excluding hydrogens is 530 g/mol. The molecule has 0 unspecified atom stereocenters. The molecule has 1 aliphatic rings. The number of pyridine rings is 1. The summed E-state index contributed by atoms with van der Waals surface area (Å²) in [5.41, 5.74) is 5.43. The second kappa shape index (κ2) is 12.5. The van der Waals surface area contributed by atoms with Gasteiger partial charge in [-0.25, -0.2) is 4.79 Å². The molecule has 0 aliphatic carbocycles. The van der Waals surface area contributed by atoms with Gasteiger partial charge < -0.3 is 25.2 Å². The zero-order valence-electron chi connectivity index (χ0n) is 23.6. The fraction of sp³-hybridized carbons (Fsp3) is 0.152. The first-order chi connectivity index (χ1) is 20.4. The Morgan fingerprint density at radius 1 is 0.881 bits per heavy atom. The molecule has 2 heterocycles. The average molecular weight is 562 g/mol. The lowest BCUT2D eigenvalue weighted by Crippen LogP contribution is -2.36. The molecule has 9 heteroatoms. The molecule has 0 atom stereocenters. The summed E-state index contributed by atoms with van der Waals surface area (Å²) in [5, 5.41) is 6.32. The number of ether oxygens (including phenoxy) is 1. The fourth-order valence-corrected chi connectivity index (χ4v) is 4.71. The predicted molar refractivity (Wildman–Crippen MR) is 164 cm³/mol. The van der Waals surface area contributed by atoms with Crippen molar-refractivity contribution < 1.29 is 19.1 Å². The topological polar surface area (TPSA) is 104 Å². The van der Waals surface area contributed by atoms with Gasteiger partial charge in [-0.2, -0.15) is 0 Å². The molecule has 0 saturated carbocycles. The van der Waals surface area contributed by atoms with Crippen molar-refractivity contribution in [3.05, 3.63) is 120 Å². The number of rotatable bonds is 9. The number of likely N-dealkylation sites (N-methyl/N-ethyl adjacent to an activating group) is 1. The summed E-state index contributed by atoms with van der Waals surface area (Å²) in [7, 11) is 5.25. The molecule has 0 spiro atoms. The lowest BCUT2D eigenvalue weighted by atomic mass is 9.99. The Kier molecular flexibility index (Phi) is 8.40. The van der Waals surface area contributed by atoms with E-state index >= 15 is 0 Å². The fourth-order valence-electron chi connectivity index (χ4n) is 4.71. The van der Waals surface area contributed by atoms with Crippen LogP contribution >= 0.6 is 0 Å². The molecule has 5 rings (SSSR count). The van der Waals surface area contributed by atoms with Crippen molar-refractivity contribution in [2.45, 2.75) is 0 Å². The number of carbonyl (C=O) groups excluding carboxylic acids is 3. The van der Waals surface area contributed by atoms with Crippen LogP contribution < -0.4 is 15.5 Å². The van der Waals surface area contributed by atoms with Crippen molar-refractivity contribution in [3.63, 3.8) is 0 Å². The Bertz CT molecular complexity index is 1630. The first-order valence-electron chi connectivity index (χ1n) is 13.4. The van der Waals surface area contributed by atoms with Crippen molar-refractivity contribution in [2.75, 3.05) is 49.8 Å². The minimum Gasteiger partial charge on any atom is -0.465 e. The molecule has 0 saturated heterocycles. The molecule has 0 fully saturated rings. The molecule has 2 N–H and O–H groups in total. The summed E-state index contributed by atoms with van der Waals surface area (Å²) in [6, 6.07) is 25.6. The van der Waals surface area contributed by atoms with Crippen molar-refractivity contribution in [1.29, 1.82) is 0 Å². The summed E-state index contributed by atoms with van der Waals surface area (Å²) in [4.78, 5) is 46.6. The van der Waals surface area contributed by atoms with Gasteiger partial charge in [0.25, 0.3) is 11.8 Å². The Labute approximate surface area is 244 Å². The van der Waals surface area contributed by atoms with E-state index in [2.05, 4.69) is 15.6 Å². The maximum absolute atomic E-state index is 13.4. The van der Waals surface area contributed by atoms with Crippen LogP contribution in [0.2, 0.25) is 0 Å². The van der Waals surface area contributed by atoms with E-state index in [1.807, 2.05) is 73.6 Å². The van der Waals surface area contributed by atoms with Crippen molar-refractivity contribution in [3.8, 4) is 0 Å². The number of fused-ring (bicyclic) bond motifs is 1. The third-order valence-electron chi connectivity index (χ3n) is 6.87. The van der Waals surface area contributed by atoms with E-state index in [9.17, 15) is 14.4 Å². The highest BCUT2D eigenvalue weighted by Gasteiger charge is 2.29. The summed E-state index contributed by atoms with van der Waals surface area (Å²) in [5.74, 6) is -0.900. The Morgan fingerprint density at radius 3 is 2.29 bits per heavy atom. The second-order valence-corrected chi connectivity index (χ2v) is 10.00. The van der Waals surface area contributed by atoms with Gasteiger partial charge >= 0.3 is 5.97 Å². The van der Waals surface area contributed by atoms with Crippen LogP contribution in [0.3, 0.4) is 0 Å². The highest BCUT2D eigenvalue weighted by molar-refractivity contribution is 6.37. The maximum atomic E-state index is 13.4. The molecule has 1 aromatic heterocycles. The van der Waals surface area contributed by atoms with E-state index in [-0.39, 0.29) is 11.8 Å². The average Bonchev–Trinajstić information content (AvgIpc) is 3.35. The van der Waals surface area contributed by atoms with Gasteiger partial charge in [0.15, 0.2) is 0 Å². The van der Waals surface area contributed by atoms with Crippen LogP contribution in [0.15, 0.2) is 97.3 Å². The third-order valence-corrected chi connectivity index (χ3v) is 6.87. The SMILES string of the molecule is COC(=O)c1ccc2c(c1)NC(=O)/C2=C(\Nc1ccc(N(CCN(C)C)C(=O)c2cccnc2)cc1)c1ccccc1. The van der Waals surface area contributed by atoms with E-state index in [1.165, 1.54) is 7.11 Å². The molecule has 2 amide bonds. The molecule has 42 heavy (non-hydrogen) atoms. The molecule has 9 nitrogen and oxygen atoms in total. The molecule has 0 radical (unpaired) electrons. The number of anilines is 3. The highest BCUT2D eigenvalue weighted by Crippen LogP contribution is 2.38. The van der Waals surface area contributed by atoms with Gasteiger partial charge in [0.1, 0.15) is 0 Å². The molecular formula is C33H31N5O4. The molecule has 4 aromatic rings. The number of hydrogen-bond donors (Lipinski definition) is 2. The van der Waals surface area contributed by atoms with Gasteiger partial charge in [0.2, 0.25) is 0 Å². The van der Waals surface area contributed by atoms with E-state index < -0.39 is 5.97 Å². The number of hydrogen-bond acceptors (Lipinski definition) is 7. The first kappa shape index (κ1) is 28.3. The number of methoxy groups -OCH3 is 1. The van der Waals surface area contributed by atoms with Crippen LogP contribution in [-0.4, -0.2) is 62.0 Å². The Hall–Kier alpha value is -5.28. The highest BCUT2D eigenvalue weighted by atomic mass is 16.5. The number of nitrogens with one attached hydrogen (secondary N) is 2. The Morgan fingerprint density at radius 2 is 1.62 bits per heavy atom. The van der Waals surface area contributed by atoms with Crippen LogP contribution in [0.4, 0.5) is 17.1 Å². The molecule has 3 aromatic carbocycles. The van der Waals surface area contributed by atoms with Gasteiger partial charge in [-0.15, -0.1) is 0 Å². The van der Waals surface area contributed by atoms with Gasteiger partial charge in [-0.05, 0) is 68.2 Å². The standard InChI is InChI=1S/C33H31N5O4/c1-37(2)18-19-38(32(40)24-10-7-17-34-21-24)26-14-12-25(13-15-26)35-30(22-8-5-4-6-9-22)29-27-16-11-23(33(41)42-3)20-28(27)36-31(29)39/h4-17,20-21,35H,18-19H2,1-3H3,(H,36,39)/b30-29-. The van der Waals surface area contributed by atoms with Crippen LogP contribution in [0.25, 0.3) is 11.3 Å². The third kappa shape index (κ3) is 6.06. The number of carbonyl (C=O) groups is 3. The largest absolute Gasteiger partial charge is 0.465 e. The maximum Gasteiger partial charge on any atom is 0.337 e. The monoisotopic (exact) mass is 561 g/mol. The first-order valence-corrected chi connectivity index (χ1v) is 13.4. The van der Waals surface area contributed by atoms with E-state index in [1.54, 1.807) is 47.6 Å². The zero-order valence-corrected chi connectivity index (χ0v) is 23.6. The van der Waals surface area contributed by atoms with Crippen molar-refractivity contribution >= 4 is 46.1 Å².